The van der Waals surface area contributed by atoms with Crippen LogP contribution in [0.15, 0.2) is 48.5 Å². The number of methoxy groups -OCH3 is 1. The van der Waals surface area contributed by atoms with Gasteiger partial charge in [0.1, 0.15) is 5.75 Å². The lowest BCUT2D eigenvalue weighted by molar-refractivity contribution is 0.101. The molecular weight excluding hydrogens is 288 g/mol. The highest BCUT2D eigenvalue weighted by Crippen LogP contribution is 2.29. The highest BCUT2D eigenvalue weighted by Gasteiger charge is 2.07. The minimum absolute atomic E-state index is 0.0473. The van der Waals surface area contributed by atoms with E-state index in [0.717, 1.165) is 33.7 Å². The van der Waals surface area contributed by atoms with Crippen molar-refractivity contribution in [2.45, 2.75) is 13.8 Å². The Labute approximate surface area is 135 Å². The zero-order valence-corrected chi connectivity index (χ0v) is 13.4. The van der Waals surface area contributed by atoms with Crippen LogP contribution in [0.25, 0.3) is 10.9 Å². The maximum absolute atomic E-state index is 11.5. The van der Waals surface area contributed by atoms with Gasteiger partial charge in [-0.3, -0.25) is 9.78 Å². The van der Waals surface area contributed by atoms with Crippen LogP contribution in [0, 0.1) is 6.92 Å². The number of pyridine rings is 1. The molecule has 1 aromatic heterocycles. The highest BCUT2D eigenvalue weighted by atomic mass is 16.5. The number of ketones is 1. The van der Waals surface area contributed by atoms with Crippen LogP contribution in [0.1, 0.15) is 23.0 Å². The summed E-state index contributed by atoms with van der Waals surface area (Å²) in [4.78, 5) is 16.1. The fourth-order valence-electron chi connectivity index (χ4n) is 2.54. The van der Waals surface area contributed by atoms with E-state index in [1.807, 2.05) is 55.5 Å². The number of hydrogen-bond donors (Lipinski definition) is 1. The number of Topliss-reactive ketones (excluding diaryl/α,β-unsaturated/α-hetero) is 1. The molecule has 0 atom stereocenters. The molecule has 0 amide bonds. The average molecular weight is 306 g/mol. The number of carbonyl (C=O) groups is 1. The number of aryl methyl sites for hydroxylation is 1. The van der Waals surface area contributed by atoms with E-state index in [1.165, 1.54) is 0 Å². The third kappa shape index (κ3) is 3.16. The van der Waals surface area contributed by atoms with Crippen LogP contribution >= 0.6 is 0 Å². The van der Waals surface area contributed by atoms with Gasteiger partial charge in [0.2, 0.25) is 0 Å². The van der Waals surface area contributed by atoms with Gasteiger partial charge in [-0.15, -0.1) is 0 Å². The van der Waals surface area contributed by atoms with Gasteiger partial charge in [0.05, 0.1) is 12.6 Å². The van der Waals surface area contributed by atoms with Crippen LogP contribution in [0.2, 0.25) is 0 Å². The minimum atomic E-state index is 0.0473. The van der Waals surface area contributed by atoms with E-state index in [1.54, 1.807) is 14.0 Å². The number of nitrogens with zero attached hydrogens (tertiary/aromatic N) is 1. The predicted octanol–water partition coefficient (Wildman–Crippen LogP) is 4.50. The Bertz CT molecular complexity index is 888. The lowest BCUT2D eigenvalue weighted by Crippen LogP contribution is -1.97. The summed E-state index contributed by atoms with van der Waals surface area (Å²) >= 11 is 0. The van der Waals surface area contributed by atoms with Gasteiger partial charge in [-0.1, -0.05) is 12.1 Å². The Morgan fingerprint density at radius 3 is 2.70 bits per heavy atom. The smallest absolute Gasteiger partial charge is 0.159 e. The van der Waals surface area contributed by atoms with Crippen LogP contribution in [0.4, 0.5) is 11.4 Å². The third-order valence-corrected chi connectivity index (χ3v) is 3.69. The zero-order valence-electron chi connectivity index (χ0n) is 13.4. The molecule has 0 aliphatic carbocycles. The molecule has 4 heteroatoms. The molecule has 23 heavy (non-hydrogen) atoms. The first-order chi connectivity index (χ1) is 11.1. The van der Waals surface area contributed by atoms with Crippen LogP contribution in [0.3, 0.4) is 0 Å². The van der Waals surface area contributed by atoms with E-state index in [0.29, 0.717) is 5.56 Å². The van der Waals surface area contributed by atoms with Crippen LogP contribution in [-0.2, 0) is 0 Å². The number of anilines is 2. The van der Waals surface area contributed by atoms with Crippen molar-refractivity contribution in [1.82, 2.24) is 4.98 Å². The van der Waals surface area contributed by atoms with Crippen molar-refractivity contribution >= 4 is 28.1 Å². The van der Waals surface area contributed by atoms with Gasteiger partial charge in [-0.2, -0.15) is 0 Å². The molecule has 4 nitrogen and oxygen atoms in total. The van der Waals surface area contributed by atoms with Crippen LogP contribution in [0.5, 0.6) is 5.75 Å². The Morgan fingerprint density at radius 1 is 1.13 bits per heavy atom. The number of rotatable bonds is 4. The Kier molecular flexibility index (Phi) is 3.98. The van der Waals surface area contributed by atoms with Gasteiger partial charge in [0.25, 0.3) is 0 Å². The molecule has 0 fully saturated rings. The molecule has 116 valence electrons. The van der Waals surface area contributed by atoms with Crippen LogP contribution in [-0.4, -0.2) is 17.9 Å². The van der Waals surface area contributed by atoms with E-state index < -0.39 is 0 Å². The quantitative estimate of drug-likeness (QED) is 0.721. The summed E-state index contributed by atoms with van der Waals surface area (Å²) in [5, 5.41) is 4.36. The first-order valence-corrected chi connectivity index (χ1v) is 7.40. The second-order valence-corrected chi connectivity index (χ2v) is 5.46. The summed E-state index contributed by atoms with van der Waals surface area (Å²) in [6, 6.07) is 15.3. The monoisotopic (exact) mass is 306 g/mol. The van der Waals surface area contributed by atoms with E-state index >= 15 is 0 Å². The van der Waals surface area contributed by atoms with E-state index in [9.17, 15) is 4.79 Å². The molecule has 0 aliphatic heterocycles. The number of hydrogen-bond acceptors (Lipinski definition) is 4. The van der Waals surface area contributed by atoms with Crippen molar-refractivity contribution in [1.29, 1.82) is 0 Å². The average Bonchev–Trinajstić information content (AvgIpc) is 2.54. The lowest BCUT2D eigenvalue weighted by atomic mass is 10.1. The SMILES string of the molecule is COc1ccc2nc(C)cc(Nc3cccc(C(C)=O)c3)c2c1. The van der Waals surface area contributed by atoms with E-state index in [-0.39, 0.29) is 5.78 Å². The molecule has 0 saturated carbocycles. The Balaban J connectivity index is 2.08. The van der Waals surface area contributed by atoms with Crippen molar-refractivity contribution < 1.29 is 9.53 Å². The molecule has 0 bridgehead atoms. The molecular formula is C19H18N2O2. The maximum atomic E-state index is 11.5. The lowest BCUT2D eigenvalue weighted by Gasteiger charge is -2.12. The molecule has 0 saturated heterocycles. The van der Waals surface area contributed by atoms with Crippen molar-refractivity contribution in [3.63, 3.8) is 0 Å². The highest BCUT2D eigenvalue weighted by molar-refractivity contribution is 5.97. The summed E-state index contributed by atoms with van der Waals surface area (Å²) in [6.07, 6.45) is 0. The van der Waals surface area contributed by atoms with Crippen molar-refractivity contribution in [2.75, 3.05) is 12.4 Å². The van der Waals surface area contributed by atoms with Gasteiger partial charge in [-0.05, 0) is 50.2 Å². The number of aromatic nitrogens is 1. The number of ether oxygens (including phenoxy) is 1. The normalized spacial score (nSPS) is 10.6. The summed E-state index contributed by atoms with van der Waals surface area (Å²) in [5.74, 6) is 0.828. The zero-order chi connectivity index (χ0) is 16.4. The standard InChI is InChI=1S/C19H18N2O2/c1-12-9-19(17-11-16(23-3)7-8-18(17)20-12)21-15-6-4-5-14(10-15)13(2)22/h4-11H,1-3H3,(H,20,21). The number of carbonyl (C=O) groups excluding carboxylic acids is 1. The number of nitrogens with one attached hydrogen (secondary N) is 1. The van der Waals surface area contributed by atoms with Gasteiger partial charge >= 0.3 is 0 Å². The van der Waals surface area contributed by atoms with E-state index in [2.05, 4.69) is 10.3 Å². The third-order valence-electron chi connectivity index (χ3n) is 3.69. The molecule has 0 spiro atoms. The topological polar surface area (TPSA) is 51.2 Å². The molecule has 1 N–H and O–H groups in total. The van der Waals surface area contributed by atoms with Crippen molar-refractivity contribution in [3.8, 4) is 5.75 Å². The minimum Gasteiger partial charge on any atom is -0.497 e. The van der Waals surface area contributed by atoms with Crippen molar-refractivity contribution in [2.24, 2.45) is 0 Å². The Hall–Kier alpha value is -2.88. The Morgan fingerprint density at radius 2 is 1.96 bits per heavy atom. The maximum Gasteiger partial charge on any atom is 0.159 e. The molecule has 1 heterocycles. The molecule has 3 rings (SSSR count). The summed E-state index contributed by atoms with van der Waals surface area (Å²) in [7, 11) is 1.65. The number of fused-ring (bicyclic) bond motifs is 1. The van der Waals surface area contributed by atoms with Gasteiger partial charge in [0, 0.05) is 28.0 Å². The fourth-order valence-corrected chi connectivity index (χ4v) is 2.54. The van der Waals surface area contributed by atoms with Crippen molar-refractivity contribution in [3.05, 3.63) is 59.8 Å². The molecule has 0 radical (unpaired) electrons. The van der Waals surface area contributed by atoms with Crippen LogP contribution < -0.4 is 10.1 Å². The van der Waals surface area contributed by atoms with Gasteiger partial charge < -0.3 is 10.1 Å². The largest absolute Gasteiger partial charge is 0.497 e. The molecule has 2 aromatic carbocycles. The van der Waals surface area contributed by atoms with Gasteiger partial charge in [-0.25, -0.2) is 0 Å². The first-order valence-electron chi connectivity index (χ1n) is 7.40. The second kappa shape index (κ2) is 6.08. The summed E-state index contributed by atoms with van der Waals surface area (Å²) in [5.41, 5.74) is 4.31. The molecule has 0 unspecified atom stereocenters. The summed E-state index contributed by atoms with van der Waals surface area (Å²) in [6.45, 7) is 3.52. The first kappa shape index (κ1) is 15.0. The second-order valence-electron chi connectivity index (χ2n) is 5.46. The van der Waals surface area contributed by atoms with Gasteiger partial charge in [0.15, 0.2) is 5.78 Å². The molecule has 3 aromatic rings. The summed E-state index contributed by atoms with van der Waals surface area (Å²) < 4.78 is 5.31. The fraction of sp³-hybridized carbons (Fsp3) is 0.158. The predicted molar refractivity (Wildman–Crippen MR) is 92.8 cm³/mol. The molecule has 0 aliphatic rings. The van der Waals surface area contributed by atoms with E-state index in [4.69, 9.17) is 4.74 Å². The number of benzene rings is 2.